The average molecular weight is 222 g/mol. The van der Waals surface area contributed by atoms with Crippen molar-refractivity contribution in [2.75, 3.05) is 12.5 Å². The number of carbonyl (C=O) groups excluding carboxylic acids is 1. The molecular formula is C12H14O2S. The second-order valence-electron chi connectivity index (χ2n) is 3.76. The maximum atomic E-state index is 10.4. The van der Waals surface area contributed by atoms with Crippen LogP contribution in [0.4, 0.5) is 0 Å². The quantitative estimate of drug-likeness (QED) is 0.320. The van der Waals surface area contributed by atoms with E-state index >= 15 is 0 Å². The molecule has 0 saturated heterocycles. The highest BCUT2D eigenvalue weighted by Gasteiger charge is 2.20. The highest BCUT2D eigenvalue weighted by molar-refractivity contribution is 7.99. The van der Waals surface area contributed by atoms with Gasteiger partial charge in [-0.1, -0.05) is 23.9 Å². The standard InChI is InChI=1S/C12H14O2S/c13-7-10-3-5-12(6-4-10)15-9-14-8-11-1-2-11/h3-7,11H,1-2,8-9H2. The molecule has 2 nitrogen and oxygen atoms in total. The zero-order valence-corrected chi connectivity index (χ0v) is 9.33. The molecule has 0 radical (unpaired) electrons. The van der Waals surface area contributed by atoms with E-state index in [9.17, 15) is 4.79 Å². The lowest BCUT2D eigenvalue weighted by atomic mass is 10.2. The molecule has 0 heterocycles. The molecule has 0 bridgehead atoms. The molecule has 0 aromatic heterocycles. The normalized spacial score (nSPS) is 15.2. The number of hydrogen-bond acceptors (Lipinski definition) is 3. The van der Waals surface area contributed by atoms with Gasteiger partial charge in [0.2, 0.25) is 0 Å². The van der Waals surface area contributed by atoms with E-state index in [1.54, 1.807) is 11.8 Å². The van der Waals surface area contributed by atoms with Crippen molar-refractivity contribution in [3.05, 3.63) is 29.8 Å². The summed E-state index contributed by atoms with van der Waals surface area (Å²) in [6.45, 7) is 0.902. The van der Waals surface area contributed by atoms with E-state index in [4.69, 9.17) is 4.74 Å². The van der Waals surface area contributed by atoms with E-state index < -0.39 is 0 Å². The van der Waals surface area contributed by atoms with Gasteiger partial charge in [-0.05, 0) is 30.9 Å². The largest absolute Gasteiger partial charge is 0.370 e. The maximum absolute atomic E-state index is 10.4. The monoisotopic (exact) mass is 222 g/mol. The first-order valence-corrected chi connectivity index (χ1v) is 6.13. The van der Waals surface area contributed by atoms with Gasteiger partial charge in [0.05, 0.1) is 12.5 Å². The Kier molecular flexibility index (Phi) is 3.80. The number of thioether (sulfide) groups is 1. The van der Waals surface area contributed by atoms with E-state index in [2.05, 4.69) is 0 Å². The molecule has 3 heteroatoms. The first-order valence-electron chi connectivity index (χ1n) is 5.14. The Bertz CT molecular complexity index is 317. The van der Waals surface area contributed by atoms with Gasteiger partial charge in [0.25, 0.3) is 0 Å². The zero-order valence-electron chi connectivity index (χ0n) is 8.52. The molecule has 1 saturated carbocycles. The Hall–Kier alpha value is -0.800. The van der Waals surface area contributed by atoms with Crippen LogP contribution in [-0.2, 0) is 4.74 Å². The van der Waals surface area contributed by atoms with Crippen LogP contribution in [0, 0.1) is 5.92 Å². The lowest BCUT2D eigenvalue weighted by Crippen LogP contribution is -1.94. The number of benzene rings is 1. The Labute approximate surface area is 94.0 Å². The topological polar surface area (TPSA) is 26.3 Å². The summed E-state index contributed by atoms with van der Waals surface area (Å²) in [6.07, 6.45) is 3.52. The minimum Gasteiger partial charge on any atom is -0.370 e. The fraction of sp³-hybridized carbons (Fsp3) is 0.417. The van der Waals surface area contributed by atoms with Crippen LogP contribution in [0.3, 0.4) is 0 Å². The predicted molar refractivity (Wildman–Crippen MR) is 61.2 cm³/mol. The number of aldehydes is 1. The average Bonchev–Trinajstić information content (AvgIpc) is 3.09. The van der Waals surface area contributed by atoms with E-state index in [0.29, 0.717) is 5.94 Å². The summed E-state index contributed by atoms with van der Waals surface area (Å²) in [5.41, 5.74) is 0.721. The minimum atomic E-state index is 0.705. The van der Waals surface area contributed by atoms with Gasteiger partial charge in [-0.15, -0.1) is 0 Å². The summed E-state index contributed by atoms with van der Waals surface area (Å²) in [4.78, 5) is 11.6. The molecule has 2 rings (SSSR count). The molecular weight excluding hydrogens is 208 g/mol. The van der Waals surface area contributed by atoms with Gasteiger partial charge in [0.1, 0.15) is 6.29 Å². The van der Waals surface area contributed by atoms with Crippen LogP contribution in [-0.4, -0.2) is 18.8 Å². The first-order chi connectivity index (χ1) is 7.38. The van der Waals surface area contributed by atoms with E-state index in [1.165, 1.54) is 12.8 Å². The lowest BCUT2D eigenvalue weighted by Gasteiger charge is -2.02. The van der Waals surface area contributed by atoms with Gasteiger partial charge in [0.15, 0.2) is 0 Å². The first kappa shape index (κ1) is 10.7. The van der Waals surface area contributed by atoms with Crippen LogP contribution < -0.4 is 0 Å². The van der Waals surface area contributed by atoms with Crippen molar-refractivity contribution in [3.8, 4) is 0 Å². The molecule has 80 valence electrons. The molecule has 15 heavy (non-hydrogen) atoms. The van der Waals surface area contributed by atoms with Crippen LogP contribution >= 0.6 is 11.8 Å². The number of ether oxygens (including phenoxy) is 1. The van der Waals surface area contributed by atoms with Crippen molar-refractivity contribution in [3.63, 3.8) is 0 Å². The fourth-order valence-corrected chi connectivity index (χ4v) is 1.90. The summed E-state index contributed by atoms with van der Waals surface area (Å²) in [5.74, 6) is 1.53. The Morgan fingerprint density at radius 2 is 2.07 bits per heavy atom. The van der Waals surface area contributed by atoms with Crippen molar-refractivity contribution in [2.24, 2.45) is 5.92 Å². The van der Waals surface area contributed by atoms with Gasteiger partial charge in [-0.3, -0.25) is 4.79 Å². The van der Waals surface area contributed by atoms with E-state index in [-0.39, 0.29) is 0 Å². The Morgan fingerprint density at radius 1 is 1.33 bits per heavy atom. The molecule has 1 aliphatic carbocycles. The van der Waals surface area contributed by atoms with Crippen LogP contribution in [0.25, 0.3) is 0 Å². The fourth-order valence-electron chi connectivity index (χ4n) is 1.25. The molecule has 0 unspecified atom stereocenters. The second kappa shape index (κ2) is 5.33. The summed E-state index contributed by atoms with van der Waals surface area (Å²) in [7, 11) is 0. The van der Waals surface area contributed by atoms with Crippen molar-refractivity contribution in [2.45, 2.75) is 17.7 Å². The minimum absolute atomic E-state index is 0.705. The van der Waals surface area contributed by atoms with Gasteiger partial charge in [-0.25, -0.2) is 0 Å². The third-order valence-corrected chi connectivity index (χ3v) is 3.27. The highest BCUT2D eigenvalue weighted by Crippen LogP contribution is 2.29. The zero-order chi connectivity index (χ0) is 10.5. The maximum Gasteiger partial charge on any atom is 0.150 e. The van der Waals surface area contributed by atoms with Gasteiger partial charge in [0, 0.05) is 10.5 Å². The van der Waals surface area contributed by atoms with Crippen LogP contribution in [0.1, 0.15) is 23.2 Å². The van der Waals surface area contributed by atoms with E-state index in [1.807, 2.05) is 24.3 Å². The molecule has 0 amide bonds. The molecule has 1 aromatic carbocycles. The molecule has 0 aliphatic heterocycles. The number of hydrogen-bond donors (Lipinski definition) is 0. The van der Waals surface area contributed by atoms with Crippen molar-refractivity contribution in [1.82, 2.24) is 0 Å². The highest BCUT2D eigenvalue weighted by atomic mass is 32.2. The third kappa shape index (κ3) is 3.68. The molecule has 1 aliphatic rings. The van der Waals surface area contributed by atoms with Gasteiger partial charge in [-0.2, -0.15) is 0 Å². The second-order valence-corrected chi connectivity index (χ2v) is 4.76. The number of carbonyl (C=O) groups is 1. The SMILES string of the molecule is O=Cc1ccc(SCOCC2CC2)cc1. The molecule has 1 aromatic rings. The molecule has 1 fully saturated rings. The van der Waals surface area contributed by atoms with E-state index in [0.717, 1.165) is 29.3 Å². The summed E-state index contributed by atoms with van der Waals surface area (Å²) >= 11 is 1.67. The number of rotatable bonds is 6. The summed E-state index contributed by atoms with van der Waals surface area (Å²) in [5, 5.41) is 0. The third-order valence-electron chi connectivity index (χ3n) is 2.38. The van der Waals surface area contributed by atoms with Crippen molar-refractivity contribution in [1.29, 1.82) is 0 Å². The Morgan fingerprint density at radius 3 is 2.67 bits per heavy atom. The van der Waals surface area contributed by atoms with Crippen molar-refractivity contribution < 1.29 is 9.53 Å². The Balaban J connectivity index is 1.69. The molecule has 0 N–H and O–H groups in total. The molecule has 0 spiro atoms. The van der Waals surface area contributed by atoms with Crippen LogP contribution in [0.5, 0.6) is 0 Å². The van der Waals surface area contributed by atoms with Gasteiger partial charge < -0.3 is 4.74 Å². The predicted octanol–water partition coefficient (Wildman–Crippen LogP) is 2.98. The van der Waals surface area contributed by atoms with Crippen LogP contribution in [0.15, 0.2) is 29.2 Å². The smallest absolute Gasteiger partial charge is 0.150 e. The van der Waals surface area contributed by atoms with Gasteiger partial charge >= 0.3 is 0 Å². The summed E-state index contributed by atoms with van der Waals surface area (Å²) < 4.78 is 5.51. The van der Waals surface area contributed by atoms with Crippen molar-refractivity contribution >= 4 is 18.0 Å². The lowest BCUT2D eigenvalue weighted by molar-refractivity contribution is 0.112. The molecule has 0 atom stereocenters. The summed E-state index contributed by atoms with van der Waals surface area (Å²) in [6, 6.07) is 7.57. The van der Waals surface area contributed by atoms with Crippen LogP contribution in [0.2, 0.25) is 0 Å².